The van der Waals surface area contributed by atoms with Crippen molar-refractivity contribution >= 4 is 0 Å². The molecule has 3 aromatic rings. The lowest BCUT2D eigenvalue weighted by Crippen LogP contribution is -2.21. The molecule has 1 aromatic heterocycles. The standard InChI is InChI=1S/C20H19NO2/c1-15-9-11-16(12-10-15)14-21-19(7-4-8-20(21)22)17-5-3-6-18(13-17)23-2/h3-13H,14H2,1-2H3. The Morgan fingerprint density at radius 2 is 1.70 bits per heavy atom. The molecule has 0 N–H and O–H groups in total. The second-order valence-electron chi connectivity index (χ2n) is 5.55. The highest BCUT2D eigenvalue weighted by Crippen LogP contribution is 2.23. The van der Waals surface area contributed by atoms with E-state index in [1.807, 2.05) is 30.3 Å². The highest BCUT2D eigenvalue weighted by Gasteiger charge is 2.08. The van der Waals surface area contributed by atoms with E-state index >= 15 is 0 Å². The fourth-order valence-corrected chi connectivity index (χ4v) is 2.59. The maximum Gasteiger partial charge on any atom is 0.251 e. The molecule has 0 saturated heterocycles. The average Bonchev–Trinajstić information content (AvgIpc) is 2.58. The third-order valence-electron chi connectivity index (χ3n) is 3.88. The smallest absolute Gasteiger partial charge is 0.251 e. The van der Waals surface area contributed by atoms with Gasteiger partial charge in [0.05, 0.1) is 19.3 Å². The molecular weight excluding hydrogens is 286 g/mol. The molecule has 0 aliphatic rings. The van der Waals surface area contributed by atoms with Crippen LogP contribution in [0.25, 0.3) is 11.3 Å². The van der Waals surface area contributed by atoms with Crippen LogP contribution in [-0.2, 0) is 6.54 Å². The summed E-state index contributed by atoms with van der Waals surface area (Å²) in [5, 5.41) is 0. The second kappa shape index (κ2) is 6.53. The Bertz CT molecular complexity index is 863. The fraction of sp³-hybridized carbons (Fsp3) is 0.150. The van der Waals surface area contributed by atoms with Gasteiger partial charge in [-0.25, -0.2) is 0 Å². The van der Waals surface area contributed by atoms with Gasteiger partial charge < -0.3 is 9.30 Å². The van der Waals surface area contributed by atoms with Crippen molar-refractivity contribution in [2.24, 2.45) is 0 Å². The summed E-state index contributed by atoms with van der Waals surface area (Å²) in [5.41, 5.74) is 4.16. The minimum Gasteiger partial charge on any atom is -0.497 e. The van der Waals surface area contributed by atoms with Gasteiger partial charge >= 0.3 is 0 Å². The lowest BCUT2D eigenvalue weighted by Gasteiger charge is -2.14. The second-order valence-corrected chi connectivity index (χ2v) is 5.55. The summed E-state index contributed by atoms with van der Waals surface area (Å²) >= 11 is 0. The quantitative estimate of drug-likeness (QED) is 0.732. The molecule has 3 nitrogen and oxygen atoms in total. The summed E-state index contributed by atoms with van der Waals surface area (Å²) in [6.07, 6.45) is 0. The van der Waals surface area contributed by atoms with Crippen LogP contribution in [0, 0.1) is 6.92 Å². The zero-order valence-electron chi connectivity index (χ0n) is 13.3. The fourth-order valence-electron chi connectivity index (χ4n) is 2.59. The Morgan fingerprint density at radius 1 is 0.957 bits per heavy atom. The van der Waals surface area contributed by atoms with Gasteiger partial charge in [0.1, 0.15) is 5.75 Å². The molecule has 0 fully saturated rings. The molecule has 3 heteroatoms. The SMILES string of the molecule is COc1cccc(-c2cccc(=O)n2Cc2ccc(C)cc2)c1. The molecule has 116 valence electrons. The van der Waals surface area contributed by atoms with Crippen molar-refractivity contribution in [2.45, 2.75) is 13.5 Å². The van der Waals surface area contributed by atoms with Crippen LogP contribution >= 0.6 is 0 Å². The van der Waals surface area contributed by atoms with Crippen LogP contribution in [0.15, 0.2) is 71.5 Å². The average molecular weight is 305 g/mol. The van der Waals surface area contributed by atoms with E-state index in [1.165, 1.54) is 5.56 Å². The summed E-state index contributed by atoms with van der Waals surface area (Å²) in [6, 6.07) is 21.4. The Morgan fingerprint density at radius 3 is 2.43 bits per heavy atom. The first-order valence-electron chi connectivity index (χ1n) is 7.57. The Balaban J connectivity index is 2.06. The minimum atomic E-state index is -0.00843. The maximum atomic E-state index is 12.4. The first-order valence-corrected chi connectivity index (χ1v) is 7.57. The number of benzene rings is 2. The minimum absolute atomic E-state index is 0.00843. The van der Waals surface area contributed by atoms with E-state index in [-0.39, 0.29) is 5.56 Å². The van der Waals surface area contributed by atoms with E-state index in [2.05, 4.69) is 31.2 Å². The summed E-state index contributed by atoms with van der Waals surface area (Å²) < 4.78 is 7.08. The van der Waals surface area contributed by atoms with Crippen molar-refractivity contribution in [3.05, 3.63) is 88.2 Å². The van der Waals surface area contributed by atoms with Crippen LogP contribution in [0.1, 0.15) is 11.1 Å². The molecule has 2 aromatic carbocycles. The monoisotopic (exact) mass is 305 g/mol. The van der Waals surface area contributed by atoms with Gasteiger partial charge in [-0.1, -0.05) is 48.0 Å². The van der Waals surface area contributed by atoms with Crippen molar-refractivity contribution in [1.29, 1.82) is 0 Å². The molecule has 0 unspecified atom stereocenters. The first-order chi connectivity index (χ1) is 11.2. The Kier molecular flexibility index (Phi) is 4.29. The Labute approximate surface area is 135 Å². The zero-order valence-corrected chi connectivity index (χ0v) is 13.3. The largest absolute Gasteiger partial charge is 0.497 e. The Hall–Kier alpha value is -2.81. The van der Waals surface area contributed by atoms with Gasteiger partial charge in [0.2, 0.25) is 0 Å². The summed E-state index contributed by atoms with van der Waals surface area (Å²) in [6.45, 7) is 2.60. The number of ether oxygens (including phenoxy) is 1. The topological polar surface area (TPSA) is 31.2 Å². The third kappa shape index (κ3) is 3.34. The van der Waals surface area contributed by atoms with Gasteiger partial charge in [0.25, 0.3) is 5.56 Å². The molecule has 1 heterocycles. The normalized spacial score (nSPS) is 10.5. The number of pyridine rings is 1. The molecule has 0 aliphatic carbocycles. The zero-order chi connectivity index (χ0) is 16.2. The molecule has 3 rings (SSSR count). The lowest BCUT2D eigenvalue weighted by molar-refractivity contribution is 0.415. The van der Waals surface area contributed by atoms with Gasteiger partial charge in [-0.2, -0.15) is 0 Å². The van der Waals surface area contributed by atoms with Crippen molar-refractivity contribution in [2.75, 3.05) is 7.11 Å². The van der Waals surface area contributed by atoms with Gasteiger partial charge in [-0.3, -0.25) is 4.79 Å². The number of aryl methyl sites for hydroxylation is 1. The van der Waals surface area contributed by atoms with E-state index in [9.17, 15) is 4.79 Å². The van der Waals surface area contributed by atoms with Crippen LogP contribution < -0.4 is 10.3 Å². The van der Waals surface area contributed by atoms with Crippen molar-refractivity contribution in [3.63, 3.8) is 0 Å². The molecule has 0 spiro atoms. The molecule has 0 bridgehead atoms. The number of hydrogen-bond donors (Lipinski definition) is 0. The van der Waals surface area contributed by atoms with E-state index < -0.39 is 0 Å². The third-order valence-corrected chi connectivity index (χ3v) is 3.88. The summed E-state index contributed by atoms with van der Waals surface area (Å²) in [7, 11) is 1.64. The number of rotatable bonds is 4. The highest BCUT2D eigenvalue weighted by atomic mass is 16.5. The van der Waals surface area contributed by atoms with Crippen LogP contribution in [-0.4, -0.2) is 11.7 Å². The number of hydrogen-bond acceptors (Lipinski definition) is 2. The molecule has 0 atom stereocenters. The number of aromatic nitrogens is 1. The summed E-state index contributed by atoms with van der Waals surface area (Å²) in [4.78, 5) is 12.4. The van der Waals surface area contributed by atoms with Gasteiger partial charge in [-0.05, 0) is 30.7 Å². The van der Waals surface area contributed by atoms with Gasteiger partial charge in [0.15, 0.2) is 0 Å². The van der Waals surface area contributed by atoms with Crippen LogP contribution in [0.3, 0.4) is 0 Å². The molecule has 23 heavy (non-hydrogen) atoms. The van der Waals surface area contributed by atoms with E-state index in [0.29, 0.717) is 6.54 Å². The maximum absolute atomic E-state index is 12.4. The highest BCUT2D eigenvalue weighted by molar-refractivity contribution is 5.61. The predicted octanol–water partition coefficient (Wildman–Crippen LogP) is 3.88. The van der Waals surface area contributed by atoms with E-state index in [0.717, 1.165) is 22.6 Å². The van der Waals surface area contributed by atoms with Crippen LogP contribution in [0.5, 0.6) is 5.75 Å². The molecule has 0 amide bonds. The predicted molar refractivity (Wildman–Crippen MR) is 93.0 cm³/mol. The van der Waals surface area contributed by atoms with Crippen LogP contribution in [0.4, 0.5) is 0 Å². The molecule has 0 radical (unpaired) electrons. The van der Waals surface area contributed by atoms with Gasteiger partial charge in [-0.15, -0.1) is 0 Å². The van der Waals surface area contributed by atoms with Crippen LogP contribution in [0.2, 0.25) is 0 Å². The van der Waals surface area contributed by atoms with Crippen molar-refractivity contribution in [3.8, 4) is 17.0 Å². The van der Waals surface area contributed by atoms with E-state index in [1.54, 1.807) is 23.8 Å². The van der Waals surface area contributed by atoms with Gasteiger partial charge in [0, 0.05) is 11.6 Å². The van der Waals surface area contributed by atoms with E-state index in [4.69, 9.17) is 4.74 Å². The van der Waals surface area contributed by atoms with Crippen molar-refractivity contribution < 1.29 is 4.74 Å². The number of nitrogens with zero attached hydrogens (tertiary/aromatic N) is 1. The summed E-state index contributed by atoms with van der Waals surface area (Å²) in [5.74, 6) is 0.778. The molecule has 0 saturated carbocycles. The lowest BCUT2D eigenvalue weighted by atomic mass is 10.1. The molecular formula is C20H19NO2. The van der Waals surface area contributed by atoms with Crippen molar-refractivity contribution in [1.82, 2.24) is 4.57 Å². The first kappa shape index (κ1) is 15.1. The number of methoxy groups -OCH3 is 1. The molecule has 0 aliphatic heterocycles.